The van der Waals surface area contributed by atoms with Crippen molar-refractivity contribution < 1.29 is 24.9 Å². The zero-order chi connectivity index (χ0) is 26.2. The quantitative estimate of drug-likeness (QED) is 0.245. The number of carbonyl (C=O) groups is 2. The molecule has 0 saturated heterocycles. The van der Waals surface area contributed by atoms with E-state index < -0.39 is 12.2 Å². The first-order chi connectivity index (χ1) is 17.9. The van der Waals surface area contributed by atoms with Gasteiger partial charge >= 0.3 is 6.09 Å². The number of aliphatic hydroxyl groups is 2. The number of aromatic nitrogens is 2. The van der Waals surface area contributed by atoms with E-state index in [1.165, 1.54) is 0 Å². The van der Waals surface area contributed by atoms with Crippen molar-refractivity contribution >= 4 is 28.7 Å². The maximum Gasteiger partial charge on any atom is 0.404 e. The summed E-state index contributed by atoms with van der Waals surface area (Å²) in [5.74, 6) is 1.12. The van der Waals surface area contributed by atoms with Crippen LogP contribution < -0.4 is 16.0 Å². The van der Waals surface area contributed by atoms with Crippen LogP contribution in [0.3, 0.4) is 0 Å². The molecule has 0 spiro atoms. The monoisotopic (exact) mass is 507 g/mol. The van der Waals surface area contributed by atoms with E-state index in [4.69, 9.17) is 15.2 Å². The Balaban J connectivity index is 1.43. The molecule has 3 aromatic rings. The fourth-order valence-electron chi connectivity index (χ4n) is 4.65. The number of carboxylic acid groups (broad SMARTS) is 1. The first-order valence-electron chi connectivity index (χ1n) is 12.6. The summed E-state index contributed by atoms with van der Waals surface area (Å²) in [6.45, 7) is 0.910. The van der Waals surface area contributed by atoms with Gasteiger partial charge in [0.25, 0.3) is 5.91 Å². The highest BCUT2D eigenvalue weighted by atomic mass is 16.4. The second-order valence-corrected chi connectivity index (χ2v) is 9.50. The molecule has 0 aliphatic heterocycles. The van der Waals surface area contributed by atoms with Crippen molar-refractivity contribution in [3.8, 4) is 11.3 Å². The summed E-state index contributed by atoms with van der Waals surface area (Å²) in [5, 5.41) is 36.5. The summed E-state index contributed by atoms with van der Waals surface area (Å²) >= 11 is 0. The molecule has 10 heteroatoms. The normalized spacial score (nSPS) is 18.2. The Morgan fingerprint density at radius 1 is 1.00 bits per heavy atom. The summed E-state index contributed by atoms with van der Waals surface area (Å²) < 4.78 is 0. The van der Waals surface area contributed by atoms with Crippen LogP contribution in [0.1, 0.15) is 36.0 Å². The van der Waals surface area contributed by atoms with Gasteiger partial charge in [0.1, 0.15) is 5.82 Å². The third kappa shape index (κ3) is 7.14. The van der Waals surface area contributed by atoms with Gasteiger partial charge in [-0.2, -0.15) is 0 Å². The van der Waals surface area contributed by atoms with E-state index >= 15 is 0 Å². The Morgan fingerprint density at radius 3 is 2.35 bits per heavy atom. The van der Waals surface area contributed by atoms with E-state index in [0.717, 1.165) is 36.6 Å². The minimum absolute atomic E-state index is 0.154. The van der Waals surface area contributed by atoms with E-state index in [-0.39, 0.29) is 19.1 Å². The Bertz CT molecular complexity index is 1210. The molecular weight excluding hydrogens is 474 g/mol. The number of hydrogen-bond donors (Lipinski definition) is 6. The number of fused-ring (bicyclic) bond motifs is 1. The smallest absolute Gasteiger partial charge is 0.404 e. The lowest BCUT2D eigenvalue weighted by atomic mass is 9.82. The van der Waals surface area contributed by atoms with E-state index in [2.05, 4.69) is 20.9 Å². The van der Waals surface area contributed by atoms with Crippen LogP contribution in [0.5, 0.6) is 0 Å². The third-order valence-electron chi connectivity index (χ3n) is 6.81. The summed E-state index contributed by atoms with van der Waals surface area (Å²) in [5.41, 5.74) is 2.64. The number of rotatable bonds is 10. The molecule has 1 saturated carbocycles. The molecule has 196 valence electrons. The Labute approximate surface area is 215 Å². The highest BCUT2D eigenvalue weighted by Crippen LogP contribution is 2.29. The highest BCUT2D eigenvalue weighted by molar-refractivity contribution is 6.07. The summed E-state index contributed by atoms with van der Waals surface area (Å²) in [4.78, 5) is 33.1. The van der Waals surface area contributed by atoms with Gasteiger partial charge in [-0.3, -0.25) is 4.79 Å². The Morgan fingerprint density at radius 2 is 1.70 bits per heavy atom. The maximum absolute atomic E-state index is 13.3. The van der Waals surface area contributed by atoms with Crippen molar-refractivity contribution in [2.75, 3.05) is 31.6 Å². The zero-order valence-electron chi connectivity index (χ0n) is 20.6. The molecule has 2 heterocycles. The van der Waals surface area contributed by atoms with E-state index in [9.17, 15) is 14.7 Å². The van der Waals surface area contributed by atoms with Gasteiger partial charge in [-0.1, -0.05) is 18.2 Å². The predicted molar refractivity (Wildman–Crippen MR) is 140 cm³/mol. The number of nitrogens with one attached hydrogen (secondary N) is 3. The van der Waals surface area contributed by atoms with Gasteiger partial charge < -0.3 is 31.3 Å². The van der Waals surface area contributed by atoms with Gasteiger partial charge in [0, 0.05) is 36.8 Å². The van der Waals surface area contributed by atoms with Crippen LogP contribution in [0.4, 0.5) is 10.6 Å². The SMILES string of the molecule is O=C(O)NC[C@H]1CC[C@H](CNC(=O)c2cc(-c3ccc(NCC(O)CO)nc3)nc3ccccc23)CC1. The third-order valence-corrected chi connectivity index (χ3v) is 6.81. The second kappa shape index (κ2) is 12.5. The Kier molecular flexibility index (Phi) is 8.86. The van der Waals surface area contributed by atoms with Crippen LogP contribution in [-0.4, -0.2) is 69.6 Å². The van der Waals surface area contributed by atoms with Crippen molar-refractivity contribution in [1.82, 2.24) is 20.6 Å². The minimum atomic E-state index is -0.986. The molecule has 4 rings (SSSR count). The van der Waals surface area contributed by atoms with E-state index in [1.54, 1.807) is 18.3 Å². The van der Waals surface area contributed by atoms with Crippen molar-refractivity contribution in [2.45, 2.75) is 31.8 Å². The van der Waals surface area contributed by atoms with E-state index in [0.29, 0.717) is 47.5 Å². The Hall–Kier alpha value is -3.76. The molecule has 0 radical (unpaired) electrons. The average molecular weight is 508 g/mol. The molecule has 1 aromatic carbocycles. The van der Waals surface area contributed by atoms with Crippen LogP contribution in [0.15, 0.2) is 48.7 Å². The first-order valence-corrected chi connectivity index (χ1v) is 12.6. The molecule has 2 amide bonds. The standard InChI is InChI=1S/C27H33N5O5/c33-16-20(34)15-29-25-10-9-19(14-28-25)24-11-22(21-3-1-2-4-23(21)32-24)26(35)30-12-17-5-7-18(8-6-17)13-31-27(36)37/h1-4,9-11,14,17-18,20,31,33-34H,5-8,12-13,15-16H2,(H,28,29)(H,30,35)(H,36,37)/t17-,18-,20?. The van der Waals surface area contributed by atoms with Gasteiger partial charge in [0.15, 0.2) is 0 Å². The average Bonchev–Trinajstić information content (AvgIpc) is 2.93. The topological polar surface area (TPSA) is 157 Å². The van der Waals surface area contributed by atoms with Crippen molar-refractivity contribution in [2.24, 2.45) is 11.8 Å². The number of hydrogen-bond acceptors (Lipinski definition) is 7. The van der Waals surface area contributed by atoms with Crippen LogP contribution in [0.25, 0.3) is 22.2 Å². The van der Waals surface area contributed by atoms with E-state index in [1.807, 2.05) is 30.3 Å². The van der Waals surface area contributed by atoms with Crippen molar-refractivity contribution in [3.05, 3.63) is 54.2 Å². The fourth-order valence-corrected chi connectivity index (χ4v) is 4.65. The molecule has 1 unspecified atom stereocenters. The lowest BCUT2D eigenvalue weighted by Crippen LogP contribution is -2.34. The lowest BCUT2D eigenvalue weighted by Gasteiger charge is -2.28. The summed E-state index contributed by atoms with van der Waals surface area (Å²) in [6.07, 6.45) is 3.60. The van der Waals surface area contributed by atoms with Gasteiger partial charge in [0.2, 0.25) is 0 Å². The van der Waals surface area contributed by atoms with Crippen molar-refractivity contribution in [1.29, 1.82) is 0 Å². The predicted octanol–water partition coefficient (Wildman–Crippen LogP) is 2.87. The maximum atomic E-state index is 13.3. The van der Waals surface area contributed by atoms with Crippen LogP contribution in [-0.2, 0) is 0 Å². The molecule has 37 heavy (non-hydrogen) atoms. The lowest BCUT2D eigenvalue weighted by molar-refractivity contribution is 0.0942. The second-order valence-electron chi connectivity index (χ2n) is 9.50. The first kappa shape index (κ1) is 26.3. The highest BCUT2D eigenvalue weighted by Gasteiger charge is 2.23. The fraction of sp³-hybridized carbons (Fsp3) is 0.407. The number of para-hydroxylation sites is 1. The molecule has 2 aromatic heterocycles. The molecule has 0 bridgehead atoms. The largest absolute Gasteiger partial charge is 0.465 e. The van der Waals surface area contributed by atoms with Crippen molar-refractivity contribution in [3.63, 3.8) is 0 Å². The molecule has 1 aliphatic carbocycles. The molecule has 1 aliphatic rings. The van der Waals surface area contributed by atoms with Gasteiger partial charge in [-0.15, -0.1) is 0 Å². The number of nitrogens with zero attached hydrogens (tertiary/aromatic N) is 2. The van der Waals surface area contributed by atoms with Crippen LogP contribution in [0.2, 0.25) is 0 Å². The molecule has 6 N–H and O–H groups in total. The summed E-state index contributed by atoms with van der Waals surface area (Å²) in [7, 11) is 0. The number of pyridine rings is 2. The molecular formula is C27H33N5O5. The molecule has 1 atom stereocenters. The van der Waals surface area contributed by atoms with Crippen LogP contribution >= 0.6 is 0 Å². The number of carbonyl (C=O) groups excluding carboxylic acids is 1. The van der Waals surface area contributed by atoms with Gasteiger partial charge in [0.05, 0.1) is 29.5 Å². The van der Waals surface area contributed by atoms with Gasteiger partial charge in [-0.25, -0.2) is 14.8 Å². The zero-order valence-corrected chi connectivity index (χ0v) is 20.6. The molecule has 1 fully saturated rings. The number of aliphatic hydroxyl groups excluding tert-OH is 2. The number of anilines is 1. The van der Waals surface area contributed by atoms with Gasteiger partial charge in [-0.05, 0) is 61.8 Å². The summed E-state index contributed by atoms with van der Waals surface area (Å²) in [6, 6.07) is 12.9. The van der Waals surface area contributed by atoms with Crippen LogP contribution in [0, 0.1) is 11.8 Å². The minimum Gasteiger partial charge on any atom is -0.465 e. The number of amides is 2. The number of benzene rings is 1. The molecule has 10 nitrogen and oxygen atoms in total.